The van der Waals surface area contributed by atoms with Gasteiger partial charge in [0.15, 0.2) is 5.78 Å². The van der Waals surface area contributed by atoms with Crippen LogP contribution in [0.2, 0.25) is 0 Å². The molecule has 0 spiro atoms. The highest BCUT2D eigenvalue weighted by atomic mass is 32.1. The Morgan fingerprint density at radius 3 is 2.47 bits per heavy atom. The van der Waals surface area contributed by atoms with Gasteiger partial charge in [-0.3, -0.25) is 9.59 Å². The fourth-order valence-corrected chi connectivity index (χ4v) is 2.37. The summed E-state index contributed by atoms with van der Waals surface area (Å²) in [6.07, 6.45) is 0. The van der Waals surface area contributed by atoms with Crippen LogP contribution in [0.15, 0.2) is 0 Å². The molecule has 0 aliphatic heterocycles. The summed E-state index contributed by atoms with van der Waals surface area (Å²) >= 11 is 1.17. The highest BCUT2D eigenvalue weighted by Crippen LogP contribution is 2.30. The zero-order valence-electron chi connectivity index (χ0n) is 9.01. The molecule has 0 aromatic carbocycles. The third kappa shape index (κ3) is 2.18. The van der Waals surface area contributed by atoms with E-state index in [1.165, 1.54) is 18.3 Å². The van der Waals surface area contributed by atoms with E-state index in [0.29, 0.717) is 27.5 Å². The number of hydrogen-bond acceptors (Lipinski definition) is 4. The minimum Gasteiger partial charge on any atom is -0.390 e. The first-order chi connectivity index (χ1) is 6.99. The second-order valence-electron chi connectivity index (χ2n) is 3.21. The van der Waals surface area contributed by atoms with Gasteiger partial charge in [0, 0.05) is 6.54 Å². The van der Waals surface area contributed by atoms with Gasteiger partial charge in [0.25, 0.3) is 5.91 Å². The zero-order chi connectivity index (χ0) is 11.6. The molecule has 0 aliphatic carbocycles. The van der Waals surface area contributed by atoms with E-state index < -0.39 is 0 Å². The molecule has 0 saturated heterocycles. The molecule has 0 aliphatic rings. The maximum atomic E-state index is 11.6. The summed E-state index contributed by atoms with van der Waals surface area (Å²) in [7, 11) is 0. The Bertz CT molecular complexity index is 410. The smallest absolute Gasteiger partial charge is 0.254 e. The number of ketones is 1. The summed E-state index contributed by atoms with van der Waals surface area (Å²) in [4.78, 5) is 23.4. The maximum absolute atomic E-state index is 11.6. The van der Waals surface area contributed by atoms with E-state index in [2.05, 4.69) is 5.32 Å². The molecule has 0 radical (unpaired) electrons. The van der Waals surface area contributed by atoms with Crippen LogP contribution in [0, 0.1) is 6.92 Å². The molecule has 1 aromatic heterocycles. The number of nitrogen functional groups attached to an aromatic ring is 1. The van der Waals surface area contributed by atoms with E-state index in [0.717, 1.165) is 0 Å². The number of nitrogens with one attached hydrogen (secondary N) is 1. The average molecular weight is 226 g/mol. The fourth-order valence-electron chi connectivity index (χ4n) is 1.40. The quantitative estimate of drug-likeness (QED) is 0.769. The molecular formula is C10H14N2O2S. The predicted octanol–water partition coefficient (Wildman–Crippen LogP) is 1.59. The number of Topliss-reactive ketones (excluding diaryl/α,β-unsaturated/α-hetero) is 1. The number of amides is 1. The molecule has 5 heteroatoms. The van der Waals surface area contributed by atoms with Crippen LogP contribution in [0.3, 0.4) is 0 Å². The molecule has 0 fully saturated rings. The lowest BCUT2D eigenvalue weighted by Gasteiger charge is -2.02. The van der Waals surface area contributed by atoms with Crippen LogP contribution in [0.25, 0.3) is 0 Å². The third-order valence-electron chi connectivity index (χ3n) is 2.06. The topological polar surface area (TPSA) is 72.2 Å². The fraction of sp³-hybridized carbons (Fsp3) is 0.400. The van der Waals surface area contributed by atoms with Crippen molar-refractivity contribution in [1.82, 2.24) is 5.32 Å². The lowest BCUT2D eigenvalue weighted by molar-refractivity contribution is 0.0956. The van der Waals surface area contributed by atoms with E-state index in [1.807, 2.05) is 6.92 Å². The Morgan fingerprint density at radius 2 is 2.07 bits per heavy atom. The highest BCUT2D eigenvalue weighted by molar-refractivity contribution is 7.18. The highest BCUT2D eigenvalue weighted by Gasteiger charge is 2.20. The number of hydrogen-bond donors (Lipinski definition) is 2. The molecule has 15 heavy (non-hydrogen) atoms. The van der Waals surface area contributed by atoms with Crippen molar-refractivity contribution in [3.8, 4) is 0 Å². The minimum absolute atomic E-state index is 0.0558. The molecule has 3 N–H and O–H groups in total. The predicted molar refractivity (Wildman–Crippen MR) is 61.5 cm³/mol. The van der Waals surface area contributed by atoms with Crippen molar-refractivity contribution in [2.75, 3.05) is 12.3 Å². The minimum atomic E-state index is -0.212. The zero-order valence-corrected chi connectivity index (χ0v) is 9.83. The Labute approximate surface area is 92.5 Å². The van der Waals surface area contributed by atoms with E-state index in [4.69, 9.17) is 5.73 Å². The van der Waals surface area contributed by atoms with E-state index in [-0.39, 0.29) is 11.7 Å². The Kier molecular flexibility index (Phi) is 3.47. The van der Waals surface area contributed by atoms with E-state index >= 15 is 0 Å². The number of thiophene rings is 1. The van der Waals surface area contributed by atoms with Gasteiger partial charge in [-0.15, -0.1) is 11.3 Å². The molecule has 4 nitrogen and oxygen atoms in total. The summed E-state index contributed by atoms with van der Waals surface area (Å²) in [6.45, 7) is 5.60. The van der Waals surface area contributed by atoms with Gasteiger partial charge in [0.05, 0.1) is 15.4 Å². The van der Waals surface area contributed by atoms with Gasteiger partial charge < -0.3 is 11.1 Å². The van der Waals surface area contributed by atoms with Crippen molar-refractivity contribution < 1.29 is 9.59 Å². The largest absolute Gasteiger partial charge is 0.390 e. The molecule has 0 atom stereocenters. The first-order valence-corrected chi connectivity index (χ1v) is 5.48. The van der Waals surface area contributed by atoms with Gasteiger partial charge in [-0.05, 0) is 26.3 Å². The molecule has 0 bridgehead atoms. The summed E-state index contributed by atoms with van der Waals surface area (Å²) in [6, 6.07) is 0. The summed E-state index contributed by atoms with van der Waals surface area (Å²) in [5.41, 5.74) is 6.83. The van der Waals surface area contributed by atoms with Crippen molar-refractivity contribution in [3.63, 3.8) is 0 Å². The number of anilines is 1. The second kappa shape index (κ2) is 4.44. The SMILES string of the molecule is CCNC(=O)c1c(N)sc(C(C)=O)c1C. The molecule has 1 aromatic rings. The maximum Gasteiger partial charge on any atom is 0.254 e. The van der Waals surface area contributed by atoms with Crippen molar-refractivity contribution in [3.05, 3.63) is 16.0 Å². The molecule has 0 saturated carbocycles. The van der Waals surface area contributed by atoms with Gasteiger partial charge in [-0.25, -0.2) is 0 Å². The van der Waals surface area contributed by atoms with Crippen molar-refractivity contribution in [2.45, 2.75) is 20.8 Å². The summed E-state index contributed by atoms with van der Waals surface area (Å²) in [5, 5.41) is 3.08. The van der Waals surface area contributed by atoms with Gasteiger partial charge in [-0.1, -0.05) is 0 Å². The summed E-state index contributed by atoms with van der Waals surface area (Å²) < 4.78 is 0. The van der Waals surface area contributed by atoms with Crippen LogP contribution in [0.4, 0.5) is 5.00 Å². The molecule has 1 amide bonds. The number of carbonyl (C=O) groups excluding carboxylic acids is 2. The van der Waals surface area contributed by atoms with Crippen molar-refractivity contribution >= 4 is 28.0 Å². The first kappa shape index (κ1) is 11.7. The standard InChI is InChI=1S/C10H14N2O2S/c1-4-12-10(14)7-5(2)8(6(3)13)15-9(7)11/h4,11H2,1-3H3,(H,12,14). The van der Waals surface area contributed by atoms with Crippen LogP contribution < -0.4 is 11.1 Å². The Morgan fingerprint density at radius 1 is 1.47 bits per heavy atom. The first-order valence-electron chi connectivity index (χ1n) is 4.67. The average Bonchev–Trinajstić information content (AvgIpc) is 2.42. The van der Waals surface area contributed by atoms with Crippen LogP contribution in [0.5, 0.6) is 0 Å². The van der Waals surface area contributed by atoms with Crippen LogP contribution >= 0.6 is 11.3 Å². The molecule has 0 unspecified atom stereocenters. The lowest BCUT2D eigenvalue weighted by Crippen LogP contribution is -2.23. The Hall–Kier alpha value is -1.36. The second-order valence-corrected chi connectivity index (χ2v) is 4.26. The monoisotopic (exact) mass is 226 g/mol. The third-order valence-corrected chi connectivity index (χ3v) is 3.28. The van der Waals surface area contributed by atoms with Gasteiger partial charge >= 0.3 is 0 Å². The lowest BCUT2D eigenvalue weighted by atomic mass is 10.1. The molecule has 1 rings (SSSR count). The van der Waals surface area contributed by atoms with Crippen molar-refractivity contribution in [1.29, 1.82) is 0 Å². The normalized spacial score (nSPS) is 10.1. The number of carbonyl (C=O) groups is 2. The van der Waals surface area contributed by atoms with E-state index in [9.17, 15) is 9.59 Å². The van der Waals surface area contributed by atoms with Crippen LogP contribution in [0.1, 0.15) is 39.4 Å². The van der Waals surface area contributed by atoms with Gasteiger partial charge in [0.2, 0.25) is 0 Å². The number of rotatable bonds is 3. The number of nitrogens with two attached hydrogens (primary N) is 1. The molecule has 1 heterocycles. The van der Waals surface area contributed by atoms with Gasteiger partial charge in [-0.2, -0.15) is 0 Å². The van der Waals surface area contributed by atoms with Crippen LogP contribution in [-0.2, 0) is 0 Å². The van der Waals surface area contributed by atoms with Crippen LogP contribution in [-0.4, -0.2) is 18.2 Å². The van der Waals surface area contributed by atoms with E-state index in [1.54, 1.807) is 6.92 Å². The molecular weight excluding hydrogens is 212 g/mol. The van der Waals surface area contributed by atoms with Gasteiger partial charge in [0.1, 0.15) is 0 Å². The van der Waals surface area contributed by atoms with Crippen molar-refractivity contribution in [2.24, 2.45) is 0 Å². The molecule has 82 valence electrons. The summed E-state index contributed by atoms with van der Waals surface area (Å²) in [5.74, 6) is -0.268. The Balaban J connectivity index is 3.19.